The van der Waals surface area contributed by atoms with Crippen LogP contribution in [0, 0.1) is 0 Å². The van der Waals surface area contributed by atoms with E-state index < -0.39 is 11.5 Å². The predicted molar refractivity (Wildman–Crippen MR) is 91.4 cm³/mol. The van der Waals surface area contributed by atoms with Gasteiger partial charge in [-0.25, -0.2) is 0 Å². The van der Waals surface area contributed by atoms with E-state index in [2.05, 4.69) is 21.2 Å². The number of hydrogen-bond donors (Lipinski definition) is 3. The maximum absolute atomic E-state index is 12.6. The van der Waals surface area contributed by atoms with E-state index in [1.54, 1.807) is 30.3 Å². The summed E-state index contributed by atoms with van der Waals surface area (Å²) in [5.41, 5.74) is -0.786. The number of fused-ring (bicyclic) bond motifs is 2. The molecular formula is C18H12BrNO3. The second-order valence-electron chi connectivity index (χ2n) is 5.54. The summed E-state index contributed by atoms with van der Waals surface area (Å²) in [6.45, 7) is 0. The molecule has 4 nitrogen and oxygen atoms in total. The van der Waals surface area contributed by atoms with Crippen LogP contribution in [-0.2, 0) is 10.4 Å². The van der Waals surface area contributed by atoms with Gasteiger partial charge in [-0.3, -0.25) is 4.79 Å². The third kappa shape index (κ3) is 1.90. The molecule has 1 heterocycles. The van der Waals surface area contributed by atoms with E-state index in [9.17, 15) is 15.0 Å². The van der Waals surface area contributed by atoms with Crippen molar-refractivity contribution < 1.29 is 15.0 Å². The summed E-state index contributed by atoms with van der Waals surface area (Å²) in [5, 5.41) is 25.8. The number of aromatic hydroxyl groups is 1. The lowest BCUT2D eigenvalue weighted by molar-refractivity contribution is -0.129. The molecule has 0 radical (unpaired) electrons. The second-order valence-corrected chi connectivity index (χ2v) is 6.45. The van der Waals surface area contributed by atoms with Gasteiger partial charge in [0.2, 0.25) is 5.60 Å². The minimum Gasteiger partial charge on any atom is -0.508 e. The fourth-order valence-corrected chi connectivity index (χ4v) is 3.51. The summed E-state index contributed by atoms with van der Waals surface area (Å²) in [4.78, 5) is 12.6. The zero-order valence-electron chi connectivity index (χ0n) is 11.9. The molecule has 3 aromatic rings. The minimum absolute atomic E-state index is 0.117. The van der Waals surface area contributed by atoms with Crippen LogP contribution in [0.5, 0.6) is 5.75 Å². The van der Waals surface area contributed by atoms with E-state index >= 15 is 0 Å². The van der Waals surface area contributed by atoms with Crippen LogP contribution < -0.4 is 5.32 Å². The van der Waals surface area contributed by atoms with E-state index in [1.165, 1.54) is 6.07 Å². The van der Waals surface area contributed by atoms with Gasteiger partial charge in [-0.05, 0) is 35.0 Å². The van der Waals surface area contributed by atoms with Gasteiger partial charge in [-0.15, -0.1) is 0 Å². The number of amides is 1. The number of aliphatic hydroxyl groups is 1. The van der Waals surface area contributed by atoms with Gasteiger partial charge in [0.25, 0.3) is 5.91 Å². The van der Waals surface area contributed by atoms with Crippen LogP contribution >= 0.6 is 15.9 Å². The van der Waals surface area contributed by atoms with Crippen LogP contribution in [0.4, 0.5) is 5.69 Å². The molecule has 1 unspecified atom stereocenters. The van der Waals surface area contributed by atoms with Gasteiger partial charge in [0.1, 0.15) is 5.75 Å². The van der Waals surface area contributed by atoms with E-state index in [4.69, 9.17) is 0 Å². The molecule has 23 heavy (non-hydrogen) atoms. The van der Waals surface area contributed by atoms with Crippen molar-refractivity contribution in [3.05, 3.63) is 70.2 Å². The van der Waals surface area contributed by atoms with Crippen LogP contribution in [0.25, 0.3) is 10.8 Å². The number of halogens is 1. The van der Waals surface area contributed by atoms with Crippen molar-refractivity contribution in [3.8, 4) is 5.75 Å². The van der Waals surface area contributed by atoms with Crippen molar-refractivity contribution in [2.24, 2.45) is 0 Å². The van der Waals surface area contributed by atoms with E-state index in [-0.39, 0.29) is 11.3 Å². The molecule has 0 spiro atoms. The quantitative estimate of drug-likeness (QED) is 0.614. The summed E-state index contributed by atoms with van der Waals surface area (Å²) in [6.07, 6.45) is 0. The zero-order valence-corrected chi connectivity index (χ0v) is 13.5. The highest BCUT2D eigenvalue weighted by atomic mass is 79.9. The molecule has 1 aliphatic heterocycles. The third-order valence-corrected chi connectivity index (χ3v) is 4.71. The molecule has 0 fully saturated rings. The highest BCUT2D eigenvalue weighted by Gasteiger charge is 2.49. The van der Waals surface area contributed by atoms with Crippen molar-refractivity contribution in [1.82, 2.24) is 0 Å². The lowest BCUT2D eigenvalue weighted by atomic mass is 9.84. The normalized spacial score (nSPS) is 19.7. The van der Waals surface area contributed by atoms with E-state index in [0.29, 0.717) is 16.6 Å². The second kappa shape index (κ2) is 4.81. The summed E-state index contributed by atoms with van der Waals surface area (Å²) >= 11 is 3.36. The first-order valence-electron chi connectivity index (χ1n) is 7.07. The maximum Gasteiger partial charge on any atom is 0.266 e. The molecule has 5 heteroatoms. The topological polar surface area (TPSA) is 69.6 Å². The first-order valence-corrected chi connectivity index (χ1v) is 7.86. The number of hydrogen-bond acceptors (Lipinski definition) is 3. The Bertz CT molecular complexity index is 970. The lowest BCUT2D eigenvalue weighted by Crippen LogP contribution is -2.35. The van der Waals surface area contributed by atoms with Gasteiger partial charge in [-0.1, -0.05) is 46.3 Å². The first kappa shape index (κ1) is 14.2. The van der Waals surface area contributed by atoms with Gasteiger partial charge >= 0.3 is 0 Å². The van der Waals surface area contributed by atoms with Gasteiger partial charge in [-0.2, -0.15) is 0 Å². The Hall–Kier alpha value is -2.37. The Kier molecular flexibility index (Phi) is 2.98. The number of carbonyl (C=O) groups excluding carboxylic acids is 1. The fourth-order valence-electron chi connectivity index (χ4n) is 3.15. The van der Waals surface area contributed by atoms with E-state index in [1.807, 2.05) is 18.2 Å². The molecule has 0 aromatic heterocycles. The number of anilines is 1. The number of benzene rings is 3. The van der Waals surface area contributed by atoms with Crippen molar-refractivity contribution in [2.45, 2.75) is 5.60 Å². The molecule has 4 rings (SSSR count). The third-order valence-electron chi connectivity index (χ3n) is 4.22. The molecule has 0 aliphatic carbocycles. The number of nitrogens with one attached hydrogen (secondary N) is 1. The number of carbonyl (C=O) groups is 1. The average Bonchev–Trinajstić information content (AvgIpc) is 2.79. The standard InChI is InChI=1S/C18H12BrNO3/c19-11-6-7-14-13(9-11)18(23,17(22)20-14)16-12-4-2-1-3-10(12)5-8-15(16)21/h1-9,21,23H,(H,20,22). The Labute approximate surface area is 140 Å². The van der Waals surface area contributed by atoms with Gasteiger partial charge in [0, 0.05) is 21.3 Å². The van der Waals surface area contributed by atoms with Gasteiger partial charge in [0.05, 0.1) is 0 Å². The molecule has 0 saturated heterocycles. The van der Waals surface area contributed by atoms with Crippen LogP contribution in [0.15, 0.2) is 59.1 Å². The molecule has 1 amide bonds. The number of phenols is 1. The molecular weight excluding hydrogens is 358 g/mol. The van der Waals surface area contributed by atoms with E-state index in [0.717, 1.165) is 9.86 Å². The van der Waals surface area contributed by atoms with Gasteiger partial charge in [0.15, 0.2) is 0 Å². The zero-order chi connectivity index (χ0) is 16.2. The molecule has 3 N–H and O–H groups in total. The minimum atomic E-state index is -1.94. The SMILES string of the molecule is O=C1Nc2ccc(Br)cc2C1(O)c1c(O)ccc2ccccc12. The van der Waals surface area contributed by atoms with Crippen molar-refractivity contribution in [2.75, 3.05) is 5.32 Å². The summed E-state index contributed by atoms with van der Waals surface area (Å²) in [7, 11) is 0. The molecule has 114 valence electrons. The first-order chi connectivity index (χ1) is 11.0. The monoisotopic (exact) mass is 369 g/mol. The Morgan fingerprint density at radius 2 is 1.83 bits per heavy atom. The Morgan fingerprint density at radius 3 is 2.65 bits per heavy atom. The molecule has 1 aliphatic rings. The van der Waals surface area contributed by atoms with Crippen LogP contribution in [0.1, 0.15) is 11.1 Å². The Morgan fingerprint density at radius 1 is 1.04 bits per heavy atom. The smallest absolute Gasteiger partial charge is 0.266 e. The van der Waals surface area contributed by atoms with Crippen LogP contribution in [-0.4, -0.2) is 16.1 Å². The van der Waals surface area contributed by atoms with Gasteiger partial charge < -0.3 is 15.5 Å². The highest BCUT2D eigenvalue weighted by molar-refractivity contribution is 9.10. The summed E-state index contributed by atoms with van der Waals surface area (Å²) < 4.78 is 0.742. The van der Waals surface area contributed by atoms with Crippen molar-refractivity contribution in [1.29, 1.82) is 0 Å². The van der Waals surface area contributed by atoms with Crippen LogP contribution in [0.2, 0.25) is 0 Å². The molecule has 1 atom stereocenters. The predicted octanol–water partition coefficient (Wildman–Crippen LogP) is 3.50. The maximum atomic E-state index is 12.6. The molecule has 0 saturated carbocycles. The largest absolute Gasteiger partial charge is 0.508 e. The Balaban J connectivity index is 2.11. The van der Waals surface area contributed by atoms with Crippen molar-refractivity contribution in [3.63, 3.8) is 0 Å². The highest BCUT2D eigenvalue weighted by Crippen LogP contribution is 2.47. The lowest BCUT2D eigenvalue weighted by Gasteiger charge is -2.24. The summed E-state index contributed by atoms with van der Waals surface area (Å²) in [5.74, 6) is -0.688. The van der Waals surface area contributed by atoms with Crippen molar-refractivity contribution >= 4 is 38.3 Å². The number of rotatable bonds is 1. The molecule has 0 bridgehead atoms. The number of phenolic OH excluding ortho intramolecular Hbond substituents is 1. The van der Waals surface area contributed by atoms with Crippen LogP contribution in [0.3, 0.4) is 0 Å². The molecule has 3 aromatic carbocycles. The average molecular weight is 370 g/mol. The fraction of sp³-hybridized carbons (Fsp3) is 0.0556. The summed E-state index contributed by atoms with van der Waals surface area (Å²) in [6, 6.07) is 15.8.